The first kappa shape index (κ1) is 31.2. The molecule has 1 heterocycles. The van der Waals surface area contributed by atoms with E-state index in [1.807, 2.05) is 43.3 Å². The fraction of sp³-hybridized carbons (Fsp3) is 0.156. The molecule has 0 aliphatic heterocycles. The fourth-order valence-corrected chi connectivity index (χ4v) is 5.32. The van der Waals surface area contributed by atoms with Crippen LogP contribution in [-0.4, -0.2) is 41.0 Å². The fourth-order valence-electron chi connectivity index (χ4n) is 3.84. The average Bonchev–Trinajstić information content (AvgIpc) is 3.42. The maximum atomic E-state index is 13.4. The number of anilines is 2. The predicted octanol–water partition coefficient (Wildman–Crippen LogP) is 5.70. The number of thiazole rings is 1. The molecule has 0 saturated carbocycles. The Bertz CT molecular complexity index is 1640. The van der Waals surface area contributed by atoms with Gasteiger partial charge in [-0.15, -0.1) is 23.1 Å². The second-order valence-corrected chi connectivity index (χ2v) is 11.1. The van der Waals surface area contributed by atoms with E-state index in [2.05, 4.69) is 20.9 Å². The Hall–Kier alpha value is -4.74. The first-order valence-electron chi connectivity index (χ1n) is 13.4. The van der Waals surface area contributed by atoms with E-state index in [-0.39, 0.29) is 29.7 Å². The minimum absolute atomic E-state index is 0.0469. The largest absolute Gasteiger partial charge is 0.466 e. The highest BCUT2D eigenvalue weighted by Crippen LogP contribution is 2.23. The summed E-state index contributed by atoms with van der Waals surface area (Å²) in [4.78, 5) is 55.4. The number of nitrogens with one attached hydrogen (secondary N) is 3. The SMILES string of the molecule is CCOC(=O)Cc1csc(NC(=O)CSc2cccc(NC(=O)/C(=C\c3cccc(C)c3)NC(=O)c3ccccc3)c2)n1. The van der Waals surface area contributed by atoms with Crippen LogP contribution in [-0.2, 0) is 25.5 Å². The lowest BCUT2D eigenvalue weighted by Gasteiger charge is -2.12. The predicted molar refractivity (Wildman–Crippen MR) is 170 cm³/mol. The Labute approximate surface area is 257 Å². The number of aromatic nitrogens is 1. The smallest absolute Gasteiger partial charge is 0.311 e. The second kappa shape index (κ2) is 15.5. The average molecular weight is 615 g/mol. The molecule has 0 unspecified atom stereocenters. The number of amides is 3. The van der Waals surface area contributed by atoms with Crippen molar-refractivity contribution < 1.29 is 23.9 Å². The molecule has 0 atom stereocenters. The van der Waals surface area contributed by atoms with Crippen molar-refractivity contribution in [3.05, 3.63) is 112 Å². The van der Waals surface area contributed by atoms with E-state index in [9.17, 15) is 19.2 Å². The van der Waals surface area contributed by atoms with Crippen LogP contribution >= 0.6 is 23.1 Å². The first-order valence-corrected chi connectivity index (χ1v) is 15.2. The van der Waals surface area contributed by atoms with Gasteiger partial charge in [-0.05, 0) is 55.8 Å². The van der Waals surface area contributed by atoms with Gasteiger partial charge < -0.3 is 20.7 Å². The van der Waals surface area contributed by atoms with E-state index in [0.29, 0.717) is 28.7 Å². The van der Waals surface area contributed by atoms with Crippen molar-refractivity contribution in [3.8, 4) is 0 Å². The molecule has 0 bridgehead atoms. The standard InChI is InChI=1S/C32H30N4O5S2/c1-3-41-29(38)18-25-19-43-32(34-25)36-28(37)20-42-26-14-8-13-24(17-26)33-31(40)27(16-22-10-7-9-21(2)15-22)35-30(39)23-11-5-4-6-12-23/h4-17,19H,3,18,20H2,1-2H3,(H,33,40)(H,35,39)(H,34,36,37)/b27-16+. The molecule has 4 aromatic rings. The molecule has 3 amide bonds. The van der Waals surface area contributed by atoms with Crippen molar-refractivity contribution in [2.75, 3.05) is 23.0 Å². The minimum Gasteiger partial charge on any atom is -0.466 e. The number of aryl methyl sites for hydroxylation is 1. The molecule has 4 rings (SSSR count). The number of esters is 1. The molecule has 11 heteroatoms. The second-order valence-electron chi connectivity index (χ2n) is 9.24. The molecule has 0 radical (unpaired) electrons. The number of thioether (sulfide) groups is 1. The number of rotatable bonds is 12. The third-order valence-corrected chi connectivity index (χ3v) is 7.57. The van der Waals surface area contributed by atoms with Crippen LogP contribution in [0.3, 0.4) is 0 Å². The summed E-state index contributed by atoms with van der Waals surface area (Å²) in [5.74, 6) is -1.42. The Morgan fingerprint density at radius 2 is 1.74 bits per heavy atom. The number of ether oxygens (including phenoxy) is 1. The van der Waals surface area contributed by atoms with Gasteiger partial charge in [0.1, 0.15) is 5.70 Å². The molecule has 0 saturated heterocycles. The normalized spacial score (nSPS) is 11.0. The van der Waals surface area contributed by atoms with Crippen molar-refractivity contribution in [3.63, 3.8) is 0 Å². The van der Waals surface area contributed by atoms with E-state index in [1.165, 1.54) is 23.1 Å². The highest BCUT2D eigenvalue weighted by Gasteiger charge is 2.16. The Morgan fingerprint density at radius 3 is 2.51 bits per heavy atom. The lowest BCUT2D eigenvalue weighted by atomic mass is 10.1. The summed E-state index contributed by atoms with van der Waals surface area (Å²) in [5.41, 5.74) is 3.33. The zero-order chi connectivity index (χ0) is 30.6. The molecule has 0 spiro atoms. The molecule has 1 aromatic heterocycles. The van der Waals surface area contributed by atoms with Gasteiger partial charge in [0.15, 0.2) is 5.13 Å². The molecule has 9 nitrogen and oxygen atoms in total. The highest BCUT2D eigenvalue weighted by atomic mass is 32.2. The number of carbonyl (C=O) groups excluding carboxylic acids is 4. The lowest BCUT2D eigenvalue weighted by Crippen LogP contribution is -2.30. The molecular formula is C32H30N4O5S2. The van der Waals surface area contributed by atoms with E-state index in [0.717, 1.165) is 16.0 Å². The Kier molecular flexibility index (Phi) is 11.2. The Morgan fingerprint density at radius 1 is 0.953 bits per heavy atom. The van der Waals surface area contributed by atoms with Gasteiger partial charge in [0.25, 0.3) is 11.8 Å². The number of nitrogens with zero attached hydrogens (tertiary/aromatic N) is 1. The van der Waals surface area contributed by atoms with Crippen molar-refractivity contribution in [2.45, 2.75) is 25.2 Å². The first-order chi connectivity index (χ1) is 20.8. The van der Waals surface area contributed by atoms with Gasteiger partial charge in [-0.1, -0.05) is 54.1 Å². The number of hydrogen-bond donors (Lipinski definition) is 3. The van der Waals surface area contributed by atoms with E-state index in [4.69, 9.17) is 4.74 Å². The third kappa shape index (κ3) is 9.94. The van der Waals surface area contributed by atoms with Crippen LogP contribution in [0.25, 0.3) is 6.08 Å². The van der Waals surface area contributed by atoms with Crippen LogP contribution in [0.4, 0.5) is 10.8 Å². The van der Waals surface area contributed by atoms with Crippen LogP contribution in [0.2, 0.25) is 0 Å². The third-order valence-electron chi connectivity index (χ3n) is 5.77. The molecule has 43 heavy (non-hydrogen) atoms. The molecule has 0 fully saturated rings. The van der Waals surface area contributed by atoms with Gasteiger partial charge in [-0.3, -0.25) is 19.2 Å². The summed E-state index contributed by atoms with van der Waals surface area (Å²) >= 11 is 2.52. The molecule has 3 aromatic carbocycles. The number of benzene rings is 3. The van der Waals surface area contributed by atoms with E-state index < -0.39 is 11.8 Å². The van der Waals surface area contributed by atoms with Gasteiger partial charge >= 0.3 is 5.97 Å². The maximum Gasteiger partial charge on any atom is 0.311 e. The topological polar surface area (TPSA) is 126 Å². The van der Waals surface area contributed by atoms with Crippen LogP contribution in [0, 0.1) is 6.92 Å². The van der Waals surface area contributed by atoms with Crippen molar-refractivity contribution in [1.82, 2.24) is 10.3 Å². The van der Waals surface area contributed by atoms with Gasteiger partial charge in [0, 0.05) is 21.5 Å². The van der Waals surface area contributed by atoms with E-state index >= 15 is 0 Å². The summed E-state index contributed by atoms with van der Waals surface area (Å²) in [6.45, 7) is 3.98. The van der Waals surface area contributed by atoms with Crippen molar-refractivity contribution >= 4 is 63.7 Å². The molecule has 220 valence electrons. The minimum atomic E-state index is -0.493. The summed E-state index contributed by atoms with van der Waals surface area (Å²) in [5, 5.41) is 10.4. The van der Waals surface area contributed by atoms with Gasteiger partial charge in [0.2, 0.25) is 5.91 Å². The summed E-state index contributed by atoms with van der Waals surface area (Å²) in [7, 11) is 0. The Balaban J connectivity index is 1.39. The number of hydrogen-bond acceptors (Lipinski definition) is 8. The lowest BCUT2D eigenvalue weighted by molar-refractivity contribution is -0.142. The summed E-state index contributed by atoms with van der Waals surface area (Å²) in [6, 6.07) is 23.3. The van der Waals surface area contributed by atoms with Crippen LogP contribution in [0.15, 0.2) is 94.8 Å². The van der Waals surface area contributed by atoms with Crippen LogP contribution in [0.5, 0.6) is 0 Å². The zero-order valence-corrected chi connectivity index (χ0v) is 25.2. The maximum absolute atomic E-state index is 13.4. The molecule has 0 aliphatic carbocycles. The van der Waals surface area contributed by atoms with Gasteiger partial charge in [-0.25, -0.2) is 4.98 Å². The quantitative estimate of drug-likeness (QED) is 0.106. The summed E-state index contributed by atoms with van der Waals surface area (Å²) in [6.07, 6.45) is 1.67. The van der Waals surface area contributed by atoms with Gasteiger partial charge in [-0.2, -0.15) is 0 Å². The number of carbonyl (C=O) groups is 4. The zero-order valence-electron chi connectivity index (χ0n) is 23.6. The molecular weight excluding hydrogens is 585 g/mol. The molecule has 0 aliphatic rings. The highest BCUT2D eigenvalue weighted by molar-refractivity contribution is 8.00. The van der Waals surface area contributed by atoms with Crippen LogP contribution < -0.4 is 16.0 Å². The van der Waals surface area contributed by atoms with Crippen molar-refractivity contribution in [2.24, 2.45) is 0 Å². The monoisotopic (exact) mass is 614 g/mol. The van der Waals surface area contributed by atoms with E-state index in [1.54, 1.807) is 60.8 Å². The van der Waals surface area contributed by atoms with Crippen molar-refractivity contribution in [1.29, 1.82) is 0 Å². The summed E-state index contributed by atoms with van der Waals surface area (Å²) < 4.78 is 4.92. The van der Waals surface area contributed by atoms with Gasteiger partial charge in [0.05, 0.1) is 24.5 Å². The molecule has 3 N–H and O–H groups in total. The van der Waals surface area contributed by atoms with Crippen LogP contribution in [0.1, 0.15) is 34.1 Å².